The van der Waals surface area contributed by atoms with Crippen LogP contribution in [-0.4, -0.2) is 34.1 Å². The van der Waals surface area contributed by atoms with Crippen LogP contribution in [0.2, 0.25) is 0 Å². The lowest BCUT2D eigenvalue weighted by Crippen LogP contribution is -2.39. The Morgan fingerprint density at radius 1 is 1.20 bits per heavy atom. The van der Waals surface area contributed by atoms with Crippen LogP contribution in [0.25, 0.3) is 0 Å². The Hall–Kier alpha value is -1.69. The van der Waals surface area contributed by atoms with E-state index in [9.17, 15) is 0 Å². The molecule has 20 heavy (non-hydrogen) atoms. The molecule has 2 aromatic heterocycles. The van der Waals surface area contributed by atoms with Gasteiger partial charge in [-0.1, -0.05) is 11.3 Å². The molecule has 3 heterocycles. The van der Waals surface area contributed by atoms with E-state index >= 15 is 0 Å². The fraction of sp³-hybridized carbons (Fsp3) is 0.500. The third-order valence-electron chi connectivity index (χ3n) is 3.73. The molecule has 2 aromatic rings. The molecule has 6 heteroatoms. The molecule has 0 unspecified atom stereocenters. The molecule has 0 aliphatic carbocycles. The molecule has 0 aromatic carbocycles. The van der Waals surface area contributed by atoms with Gasteiger partial charge in [-0.2, -0.15) is 0 Å². The monoisotopic (exact) mass is 290 g/mol. The van der Waals surface area contributed by atoms with Gasteiger partial charge in [0.1, 0.15) is 18.2 Å². The van der Waals surface area contributed by atoms with Gasteiger partial charge in [0.05, 0.1) is 0 Å². The standard InChI is InChI=1S/C14H18N4OS/c1-10-11(2)16-9-17-13(10)18-6-3-12(4-7-18)19-14-15-5-8-20-14/h5,8-9,12H,3-4,6-7H2,1-2H3. The van der Waals surface area contributed by atoms with Crippen molar-refractivity contribution in [3.63, 3.8) is 0 Å². The number of hydrogen-bond acceptors (Lipinski definition) is 6. The van der Waals surface area contributed by atoms with E-state index in [1.54, 1.807) is 23.9 Å². The van der Waals surface area contributed by atoms with Crippen LogP contribution in [0, 0.1) is 13.8 Å². The maximum absolute atomic E-state index is 5.88. The second-order valence-corrected chi connectivity index (χ2v) is 5.87. The molecule has 1 aliphatic heterocycles. The highest BCUT2D eigenvalue weighted by Gasteiger charge is 2.23. The van der Waals surface area contributed by atoms with E-state index < -0.39 is 0 Å². The summed E-state index contributed by atoms with van der Waals surface area (Å²) in [6.45, 7) is 6.04. The van der Waals surface area contributed by atoms with Gasteiger partial charge < -0.3 is 9.64 Å². The molecule has 1 fully saturated rings. The summed E-state index contributed by atoms with van der Waals surface area (Å²) in [4.78, 5) is 15.2. The Kier molecular flexibility index (Phi) is 3.82. The van der Waals surface area contributed by atoms with Gasteiger partial charge >= 0.3 is 0 Å². The van der Waals surface area contributed by atoms with Gasteiger partial charge in [-0.15, -0.1) is 0 Å². The largest absolute Gasteiger partial charge is 0.467 e. The first-order chi connectivity index (χ1) is 9.74. The van der Waals surface area contributed by atoms with Gasteiger partial charge in [-0.3, -0.25) is 0 Å². The van der Waals surface area contributed by atoms with E-state index in [4.69, 9.17) is 4.74 Å². The summed E-state index contributed by atoms with van der Waals surface area (Å²) in [6.07, 6.45) is 5.70. The first kappa shape index (κ1) is 13.3. The molecule has 1 saturated heterocycles. The predicted octanol–water partition coefficient (Wildman–Crippen LogP) is 2.60. The molecule has 106 valence electrons. The van der Waals surface area contributed by atoms with Gasteiger partial charge in [0.25, 0.3) is 5.19 Å². The topological polar surface area (TPSA) is 51.1 Å². The summed E-state index contributed by atoms with van der Waals surface area (Å²) in [6, 6.07) is 0. The Morgan fingerprint density at radius 2 is 2.00 bits per heavy atom. The van der Waals surface area contributed by atoms with Crippen molar-refractivity contribution in [1.29, 1.82) is 0 Å². The zero-order valence-electron chi connectivity index (χ0n) is 11.7. The van der Waals surface area contributed by atoms with E-state index in [-0.39, 0.29) is 6.10 Å². The van der Waals surface area contributed by atoms with Crippen LogP contribution >= 0.6 is 11.3 Å². The number of ether oxygens (including phenoxy) is 1. The first-order valence-electron chi connectivity index (χ1n) is 6.83. The molecule has 0 amide bonds. The minimum absolute atomic E-state index is 0.264. The molecular formula is C14H18N4OS. The Labute approximate surface area is 122 Å². The van der Waals surface area contributed by atoms with Crippen molar-refractivity contribution in [3.05, 3.63) is 29.2 Å². The van der Waals surface area contributed by atoms with Crippen molar-refractivity contribution >= 4 is 17.2 Å². The Bertz CT molecular complexity index is 565. The van der Waals surface area contributed by atoms with Crippen LogP contribution in [0.4, 0.5) is 5.82 Å². The normalized spacial score (nSPS) is 16.4. The number of rotatable bonds is 3. The number of nitrogens with zero attached hydrogens (tertiary/aromatic N) is 4. The van der Waals surface area contributed by atoms with Crippen molar-refractivity contribution in [1.82, 2.24) is 15.0 Å². The summed E-state index contributed by atoms with van der Waals surface area (Å²) in [5, 5.41) is 2.72. The third-order valence-corrected chi connectivity index (χ3v) is 4.39. The zero-order valence-corrected chi connectivity index (χ0v) is 12.6. The number of aryl methyl sites for hydroxylation is 1. The lowest BCUT2D eigenvalue weighted by molar-refractivity contribution is 0.170. The number of anilines is 1. The van der Waals surface area contributed by atoms with Crippen molar-refractivity contribution in [3.8, 4) is 5.19 Å². The van der Waals surface area contributed by atoms with E-state index in [1.165, 1.54) is 5.56 Å². The average molecular weight is 290 g/mol. The summed E-state index contributed by atoms with van der Waals surface area (Å²) < 4.78 is 5.88. The van der Waals surface area contributed by atoms with Crippen LogP contribution < -0.4 is 9.64 Å². The molecule has 5 nitrogen and oxygen atoms in total. The lowest BCUT2D eigenvalue weighted by Gasteiger charge is -2.33. The number of thiazole rings is 1. The van der Waals surface area contributed by atoms with Crippen LogP contribution in [0.15, 0.2) is 17.9 Å². The molecule has 0 saturated carbocycles. The smallest absolute Gasteiger partial charge is 0.273 e. The van der Waals surface area contributed by atoms with E-state index in [0.29, 0.717) is 0 Å². The fourth-order valence-electron chi connectivity index (χ4n) is 2.44. The number of hydrogen-bond donors (Lipinski definition) is 0. The molecule has 0 bridgehead atoms. The molecule has 0 N–H and O–H groups in total. The average Bonchev–Trinajstić information content (AvgIpc) is 2.96. The number of piperidine rings is 1. The molecular weight excluding hydrogens is 272 g/mol. The highest BCUT2D eigenvalue weighted by Crippen LogP contribution is 2.25. The summed E-state index contributed by atoms with van der Waals surface area (Å²) in [5.74, 6) is 1.06. The minimum atomic E-state index is 0.264. The maximum Gasteiger partial charge on any atom is 0.273 e. The van der Waals surface area contributed by atoms with E-state index in [2.05, 4.69) is 26.8 Å². The highest BCUT2D eigenvalue weighted by atomic mass is 32.1. The molecule has 0 atom stereocenters. The summed E-state index contributed by atoms with van der Waals surface area (Å²) in [5.41, 5.74) is 2.22. The van der Waals surface area contributed by atoms with Crippen LogP contribution in [0.1, 0.15) is 24.1 Å². The fourth-order valence-corrected chi connectivity index (χ4v) is 2.99. The second kappa shape index (κ2) is 5.75. The Morgan fingerprint density at radius 3 is 2.70 bits per heavy atom. The first-order valence-corrected chi connectivity index (χ1v) is 7.71. The SMILES string of the molecule is Cc1ncnc(N2CCC(Oc3nccs3)CC2)c1C. The second-order valence-electron chi connectivity index (χ2n) is 5.01. The minimum Gasteiger partial charge on any atom is -0.467 e. The van der Waals surface area contributed by atoms with Crippen molar-refractivity contribution < 1.29 is 4.74 Å². The van der Waals surface area contributed by atoms with Crippen LogP contribution in [0.3, 0.4) is 0 Å². The van der Waals surface area contributed by atoms with Crippen molar-refractivity contribution in [2.45, 2.75) is 32.8 Å². The summed E-state index contributed by atoms with van der Waals surface area (Å²) in [7, 11) is 0. The Balaban J connectivity index is 1.62. The van der Waals surface area contributed by atoms with Crippen molar-refractivity contribution in [2.75, 3.05) is 18.0 Å². The van der Waals surface area contributed by atoms with E-state index in [1.807, 2.05) is 12.3 Å². The lowest BCUT2D eigenvalue weighted by atomic mass is 10.1. The molecule has 0 radical (unpaired) electrons. The zero-order chi connectivity index (χ0) is 13.9. The molecule has 1 aliphatic rings. The molecule has 0 spiro atoms. The van der Waals surface area contributed by atoms with E-state index in [0.717, 1.165) is 42.6 Å². The van der Waals surface area contributed by atoms with Gasteiger partial charge in [-0.25, -0.2) is 15.0 Å². The maximum atomic E-state index is 5.88. The molecule has 3 rings (SSSR count). The van der Waals surface area contributed by atoms with Gasteiger partial charge in [-0.05, 0) is 13.8 Å². The van der Waals surface area contributed by atoms with Gasteiger partial charge in [0, 0.05) is 48.8 Å². The predicted molar refractivity (Wildman–Crippen MR) is 79.5 cm³/mol. The highest BCUT2D eigenvalue weighted by molar-refractivity contribution is 7.11. The van der Waals surface area contributed by atoms with Crippen LogP contribution in [0.5, 0.6) is 5.19 Å². The third kappa shape index (κ3) is 2.75. The van der Waals surface area contributed by atoms with Crippen molar-refractivity contribution in [2.24, 2.45) is 0 Å². The summed E-state index contributed by atoms with van der Waals surface area (Å²) >= 11 is 1.55. The van der Waals surface area contributed by atoms with Crippen LogP contribution in [-0.2, 0) is 0 Å². The van der Waals surface area contributed by atoms with Gasteiger partial charge in [0.15, 0.2) is 0 Å². The number of aromatic nitrogens is 3. The van der Waals surface area contributed by atoms with Gasteiger partial charge in [0.2, 0.25) is 0 Å². The quantitative estimate of drug-likeness (QED) is 0.869.